The van der Waals surface area contributed by atoms with E-state index < -0.39 is 0 Å². The number of aromatic hydroxyl groups is 1. The SMILES string of the molecule is Cc1ccc2cc3ccccc3cc2c1O. The summed E-state index contributed by atoms with van der Waals surface area (Å²) in [6.45, 7) is 1.92. The van der Waals surface area contributed by atoms with Crippen LogP contribution < -0.4 is 0 Å². The predicted molar refractivity (Wildman–Crippen MR) is 67.9 cm³/mol. The highest BCUT2D eigenvalue weighted by atomic mass is 16.3. The van der Waals surface area contributed by atoms with Crippen molar-refractivity contribution in [2.24, 2.45) is 0 Å². The molecule has 3 rings (SSSR count). The molecule has 1 nitrogen and oxygen atoms in total. The standard InChI is InChI=1S/C15H12O/c1-10-6-7-13-8-11-4-2-3-5-12(11)9-14(13)15(10)16/h2-9,16H,1H3. The summed E-state index contributed by atoms with van der Waals surface area (Å²) in [4.78, 5) is 0. The number of hydrogen-bond donors (Lipinski definition) is 1. The minimum atomic E-state index is 0.392. The molecule has 3 aromatic carbocycles. The number of aryl methyl sites for hydroxylation is 1. The fourth-order valence-corrected chi connectivity index (χ4v) is 2.11. The molecule has 0 saturated carbocycles. The number of hydrogen-bond acceptors (Lipinski definition) is 1. The van der Waals surface area contributed by atoms with Gasteiger partial charge >= 0.3 is 0 Å². The van der Waals surface area contributed by atoms with Crippen LogP contribution in [0.15, 0.2) is 48.5 Å². The van der Waals surface area contributed by atoms with Crippen molar-refractivity contribution in [2.75, 3.05) is 0 Å². The first-order valence-electron chi connectivity index (χ1n) is 5.37. The molecule has 0 aliphatic rings. The molecule has 0 fully saturated rings. The van der Waals surface area contributed by atoms with Crippen LogP contribution in [-0.4, -0.2) is 5.11 Å². The molecule has 1 N–H and O–H groups in total. The minimum Gasteiger partial charge on any atom is -0.507 e. The van der Waals surface area contributed by atoms with Crippen LogP contribution in [0.1, 0.15) is 5.56 Å². The topological polar surface area (TPSA) is 20.2 Å². The fraction of sp³-hybridized carbons (Fsp3) is 0.0667. The second-order valence-electron chi connectivity index (χ2n) is 4.15. The Morgan fingerprint density at radius 1 is 0.812 bits per heavy atom. The van der Waals surface area contributed by atoms with E-state index in [1.54, 1.807) is 0 Å². The monoisotopic (exact) mass is 208 g/mol. The number of phenolic OH excluding ortho intramolecular Hbond substituents is 1. The largest absolute Gasteiger partial charge is 0.507 e. The zero-order valence-corrected chi connectivity index (χ0v) is 9.07. The van der Waals surface area contributed by atoms with Gasteiger partial charge in [-0.25, -0.2) is 0 Å². The molecule has 1 heteroatoms. The molecule has 0 amide bonds. The van der Waals surface area contributed by atoms with E-state index in [1.807, 2.05) is 31.2 Å². The van der Waals surface area contributed by atoms with E-state index in [0.29, 0.717) is 5.75 Å². The second kappa shape index (κ2) is 3.24. The lowest BCUT2D eigenvalue weighted by atomic mass is 10.0. The highest BCUT2D eigenvalue weighted by Crippen LogP contribution is 2.31. The van der Waals surface area contributed by atoms with E-state index in [-0.39, 0.29) is 0 Å². The van der Waals surface area contributed by atoms with Gasteiger partial charge in [0, 0.05) is 5.39 Å². The van der Waals surface area contributed by atoms with Gasteiger partial charge in [0.2, 0.25) is 0 Å². The maximum Gasteiger partial charge on any atom is 0.126 e. The number of benzene rings is 3. The molecular weight excluding hydrogens is 196 g/mol. The summed E-state index contributed by atoms with van der Waals surface area (Å²) in [6, 6.07) is 16.4. The molecular formula is C15H12O. The van der Waals surface area contributed by atoms with Crippen molar-refractivity contribution < 1.29 is 5.11 Å². The highest BCUT2D eigenvalue weighted by Gasteiger charge is 2.04. The Hall–Kier alpha value is -2.02. The minimum absolute atomic E-state index is 0.392. The van der Waals surface area contributed by atoms with Crippen LogP contribution in [0.5, 0.6) is 5.75 Å². The molecule has 0 radical (unpaired) electrons. The third kappa shape index (κ3) is 1.25. The van der Waals surface area contributed by atoms with Gasteiger partial charge in [-0.3, -0.25) is 0 Å². The Kier molecular flexibility index (Phi) is 1.87. The lowest BCUT2D eigenvalue weighted by Gasteiger charge is -2.06. The van der Waals surface area contributed by atoms with Crippen LogP contribution >= 0.6 is 0 Å². The Bertz CT molecular complexity index is 683. The fourth-order valence-electron chi connectivity index (χ4n) is 2.11. The van der Waals surface area contributed by atoms with Crippen molar-refractivity contribution >= 4 is 21.5 Å². The van der Waals surface area contributed by atoms with Crippen LogP contribution in [0.2, 0.25) is 0 Å². The lowest BCUT2D eigenvalue weighted by Crippen LogP contribution is -1.80. The van der Waals surface area contributed by atoms with Gasteiger partial charge in [0.1, 0.15) is 5.75 Å². The van der Waals surface area contributed by atoms with Crippen LogP contribution in [0.3, 0.4) is 0 Å². The summed E-state index contributed by atoms with van der Waals surface area (Å²) in [5, 5.41) is 14.4. The number of rotatable bonds is 0. The maximum atomic E-state index is 10.0. The first-order chi connectivity index (χ1) is 7.75. The lowest BCUT2D eigenvalue weighted by molar-refractivity contribution is 0.477. The van der Waals surface area contributed by atoms with Gasteiger partial charge in [-0.15, -0.1) is 0 Å². The molecule has 0 aliphatic heterocycles. The van der Waals surface area contributed by atoms with Crippen LogP contribution in [0.25, 0.3) is 21.5 Å². The molecule has 0 unspecified atom stereocenters. The molecule has 0 heterocycles. The van der Waals surface area contributed by atoms with Gasteiger partial charge in [0.05, 0.1) is 0 Å². The van der Waals surface area contributed by atoms with Crippen LogP contribution in [0, 0.1) is 6.92 Å². The summed E-state index contributed by atoms with van der Waals surface area (Å²) in [5.74, 6) is 0.392. The third-order valence-corrected chi connectivity index (χ3v) is 3.06. The van der Waals surface area contributed by atoms with Gasteiger partial charge in [-0.1, -0.05) is 36.4 Å². The average Bonchev–Trinajstić information content (AvgIpc) is 2.32. The van der Waals surface area contributed by atoms with Gasteiger partial charge in [0.25, 0.3) is 0 Å². The molecule has 0 spiro atoms. The van der Waals surface area contributed by atoms with Gasteiger partial charge in [-0.2, -0.15) is 0 Å². The first kappa shape index (κ1) is 9.22. The van der Waals surface area contributed by atoms with Crippen molar-refractivity contribution in [3.63, 3.8) is 0 Å². The Balaban J connectivity index is 2.51. The van der Waals surface area contributed by atoms with Crippen molar-refractivity contribution in [3.05, 3.63) is 54.1 Å². The van der Waals surface area contributed by atoms with Crippen molar-refractivity contribution in [1.29, 1.82) is 0 Å². The molecule has 0 aromatic heterocycles. The smallest absolute Gasteiger partial charge is 0.126 e. The molecule has 0 aliphatic carbocycles. The summed E-state index contributed by atoms with van der Waals surface area (Å²) in [7, 11) is 0. The van der Waals surface area contributed by atoms with Crippen molar-refractivity contribution in [1.82, 2.24) is 0 Å². The van der Waals surface area contributed by atoms with Crippen LogP contribution in [0.4, 0.5) is 0 Å². The number of fused-ring (bicyclic) bond motifs is 2. The van der Waals surface area contributed by atoms with E-state index in [4.69, 9.17) is 0 Å². The summed E-state index contributed by atoms with van der Waals surface area (Å²) in [6.07, 6.45) is 0. The summed E-state index contributed by atoms with van der Waals surface area (Å²) >= 11 is 0. The zero-order valence-electron chi connectivity index (χ0n) is 9.07. The van der Waals surface area contributed by atoms with E-state index in [2.05, 4.69) is 24.3 Å². The molecule has 16 heavy (non-hydrogen) atoms. The van der Waals surface area contributed by atoms with Crippen molar-refractivity contribution in [3.8, 4) is 5.75 Å². The molecule has 0 bridgehead atoms. The Labute approximate surface area is 94.0 Å². The van der Waals surface area contributed by atoms with Gasteiger partial charge < -0.3 is 5.11 Å². The first-order valence-corrected chi connectivity index (χ1v) is 5.37. The highest BCUT2D eigenvalue weighted by molar-refractivity contribution is 6.01. The van der Waals surface area contributed by atoms with E-state index in [9.17, 15) is 5.11 Å². The molecule has 0 atom stereocenters. The quantitative estimate of drug-likeness (QED) is 0.553. The molecule has 78 valence electrons. The summed E-state index contributed by atoms with van der Waals surface area (Å²) < 4.78 is 0. The molecule has 0 saturated heterocycles. The van der Waals surface area contributed by atoms with E-state index in [0.717, 1.165) is 21.7 Å². The van der Waals surface area contributed by atoms with Crippen molar-refractivity contribution in [2.45, 2.75) is 6.92 Å². The average molecular weight is 208 g/mol. The van der Waals surface area contributed by atoms with E-state index in [1.165, 1.54) is 5.39 Å². The maximum absolute atomic E-state index is 10.0. The van der Waals surface area contributed by atoms with E-state index >= 15 is 0 Å². The molecule has 3 aromatic rings. The van der Waals surface area contributed by atoms with Gasteiger partial charge in [-0.05, 0) is 40.8 Å². The van der Waals surface area contributed by atoms with Gasteiger partial charge in [0.15, 0.2) is 0 Å². The third-order valence-electron chi connectivity index (χ3n) is 3.06. The Morgan fingerprint density at radius 3 is 2.25 bits per heavy atom. The van der Waals surface area contributed by atoms with Crippen LogP contribution in [-0.2, 0) is 0 Å². The summed E-state index contributed by atoms with van der Waals surface area (Å²) in [5.41, 5.74) is 0.919. The Morgan fingerprint density at radius 2 is 1.50 bits per heavy atom. The second-order valence-corrected chi connectivity index (χ2v) is 4.15. The zero-order chi connectivity index (χ0) is 11.1. The predicted octanol–water partition coefficient (Wildman–Crippen LogP) is 4.01. The normalized spacial score (nSPS) is 11.1. The number of phenols is 1.